The molecule has 5 rings (SSSR count). The van der Waals surface area contributed by atoms with Crippen LogP contribution in [0.4, 0.5) is 5.69 Å². The molecule has 1 N–H and O–H groups in total. The van der Waals surface area contributed by atoms with E-state index in [1.807, 2.05) is 42.8 Å². The van der Waals surface area contributed by atoms with Crippen molar-refractivity contribution in [2.75, 3.05) is 51.0 Å². The molecule has 2 aliphatic rings. The molecule has 36 heavy (non-hydrogen) atoms. The van der Waals surface area contributed by atoms with E-state index in [4.69, 9.17) is 9.47 Å². The van der Waals surface area contributed by atoms with Gasteiger partial charge in [0.05, 0.1) is 34.8 Å². The average Bonchev–Trinajstić information content (AvgIpc) is 3.52. The number of thiazole rings is 1. The number of ether oxygens (including phenoxy) is 2. The maximum atomic E-state index is 11.9. The van der Waals surface area contributed by atoms with Gasteiger partial charge in [-0.1, -0.05) is 6.07 Å². The van der Waals surface area contributed by atoms with Gasteiger partial charge in [-0.2, -0.15) is 4.31 Å². The number of rotatable bonds is 7. The van der Waals surface area contributed by atoms with Gasteiger partial charge in [0.2, 0.25) is 15.9 Å². The van der Waals surface area contributed by atoms with Crippen LogP contribution in [0, 0.1) is 5.92 Å². The first kappa shape index (κ1) is 24.8. The Morgan fingerprint density at radius 1 is 1.11 bits per heavy atom. The number of sulfonamides is 1. The smallest absolute Gasteiger partial charge is 0.220 e. The van der Waals surface area contributed by atoms with E-state index >= 15 is 0 Å². The number of benzene rings is 2. The number of piperazine rings is 1. The van der Waals surface area contributed by atoms with E-state index < -0.39 is 10.0 Å². The first-order valence-electron chi connectivity index (χ1n) is 11.9. The summed E-state index contributed by atoms with van der Waals surface area (Å²) in [5.74, 6) is 1.69. The molecule has 9 nitrogen and oxygen atoms in total. The van der Waals surface area contributed by atoms with E-state index in [9.17, 15) is 13.2 Å². The molecule has 1 unspecified atom stereocenters. The minimum Gasteiger partial charge on any atom is -0.495 e. The lowest BCUT2D eigenvalue weighted by atomic mass is 10.0. The molecule has 0 bridgehead atoms. The molecule has 3 heterocycles. The Labute approximate surface area is 215 Å². The predicted molar refractivity (Wildman–Crippen MR) is 141 cm³/mol. The average molecular weight is 531 g/mol. The highest BCUT2D eigenvalue weighted by molar-refractivity contribution is 7.88. The maximum Gasteiger partial charge on any atom is 0.220 e. The number of aromatic nitrogens is 1. The molecule has 192 valence electrons. The summed E-state index contributed by atoms with van der Waals surface area (Å²) in [5, 5.41) is 2.88. The van der Waals surface area contributed by atoms with Crippen molar-refractivity contribution in [3.05, 3.63) is 35.8 Å². The van der Waals surface area contributed by atoms with Crippen molar-refractivity contribution in [1.29, 1.82) is 0 Å². The molecule has 1 amide bonds. The third kappa shape index (κ3) is 5.00. The van der Waals surface area contributed by atoms with Crippen molar-refractivity contribution in [1.82, 2.24) is 14.6 Å². The molecule has 3 aromatic rings. The number of hydrogen-bond acceptors (Lipinski definition) is 8. The van der Waals surface area contributed by atoms with Crippen molar-refractivity contribution in [2.24, 2.45) is 5.92 Å². The molecule has 11 heteroatoms. The summed E-state index contributed by atoms with van der Waals surface area (Å²) in [6.07, 6.45) is 1.61. The van der Waals surface area contributed by atoms with Crippen LogP contribution in [0.5, 0.6) is 11.5 Å². The van der Waals surface area contributed by atoms with Crippen molar-refractivity contribution < 1.29 is 22.7 Å². The van der Waals surface area contributed by atoms with E-state index in [2.05, 4.69) is 15.2 Å². The number of methoxy groups -OCH3 is 1. The highest BCUT2D eigenvalue weighted by Crippen LogP contribution is 2.39. The lowest BCUT2D eigenvalue weighted by molar-refractivity contribution is -0.119. The van der Waals surface area contributed by atoms with E-state index in [1.165, 1.54) is 21.9 Å². The third-order valence-electron chi connectivity index (χ3n) is 6.94. The van der Waals surface area contributed by atoms with Gasteiger partial charge in [0.25, 0.3) is 0 Å². The number of amides is 1. The fourth-order valence-electron chi connectivity index (χ4n) is 4.83. The highest BCUT2D eigenvalue weighted by atomic mass is 32.2. The van der Waals surface area contributed by atoms with Crippen LogP contribution in [0.25, 0.3) is 21.3 Å². The molecule has 2 aliphatic heterocycles. The number of nitrogens with one attached hydrogen (secondary N) is 1. The Morgan fingerprint density at radius 2 is 1.86 bits per heavy atom. The van der Waals surface area contributed by atoms with Gasteiger partial charge in [-0.15, -0.1) is 11.3 Å². The van der Waals surface area contributed by atoms with Crippen LogP contribution in [-0.2, 0) is 14.8 Å². The highest BCUT2D eigenvalue weighted by Gasteiger charge is 2.29. The fourth-order valence-corrected chi connectivity index (χ4v) is 6.38. The first-order valence-corrected chi connectivity index (χ1v) is 14.6. The number of nitrogens with zero attached hydrogens (tertiary/aromatic N) is 3. The number of carbonyl (C=O) groups excluding carboxylic acids is 1. The van der Waals surface area contributed by atoms with Gasteiger partial charge < -0.3 is 19.7 Å². The molecule has 0 radical (unpaired) electrons. The molecular formula is C25H30N4O5S2. The molecule has 1 aromatic heterocycles. The zero-order valence-corrected chi connectivity index (χ0v) is 22.2. The van der Waals surface area contributed by atoms with Gasteiger partial charge in [-0.3, -0.25) is 4.79 Å². The maximum absolute atomic E-state index is 11.9. The predicted octanol–water partition coefficient (Wildman–Crippen LogP) is 2.96. The van der Waals surface area contributed by atoms with Crippen LogP contribution in [-0.4, -0.2) is 75.8 Å². The SMILES string of the molecule is COc1cc(-c2cc(O[C@H](C)C3CNC(=O)C3)c3scnc3c2)ccc1N1CCN(S(C)(=O)=O)CC1. The minimum absolute atomic E-state index is 0.0667. The number of fused-ring (bicyclic) bond motifs is 1. The topological polar surface area (TPSA) is 101 Å². The zero-order chi connectivity index (χ0) is 25.4. The molecule has 0 spiro atoms. The molecule has 2 fully saturated rings. The summed E-state index contributed by atoms with van der Waals surface area (Å²) in [5.41, 5.74) is 5.54. The Hall–Kier alpha value is -2.89. The normalized spacial score (nSPS) is 19.9. The first-order chi connectivity index (χ1) is 17.2. The van der Waals surface area contributed by atoms with Gasteiger partial charge in [0, 0.05) is 45.1 Å². The van der Waals surface area contributed by atoms with Crippen LogP contribution in [0.15, 0.2) is 35.8 Å². The van der Waals surface area contributed by atoms with Gasteiger partial charge in [-0.25, -0.2) is 13.4 Å². The molecular weight excluding hydrogens is 500 g/mol. The summed E-state index contributed by atoms with van der Waals surface area (Å²) in [7, 11) is -1.54. The van der Waals surface area contributed by atoms with Crippen LogP contribution in [0.1, 0.15) is 13.3 Å². The van der Waals surface area contributed by atoms with E-state index in [1.54, 1.807) is 7.11 Å². The van der Waals surface area contributed by atoms with E-state index in [-0.39, 0.29) is 17.9 Å². The van der Waals surface area contributed by atoms with Gasteiger partial charge >= 0.3 is 0 Å². The summed E-state index contributed by atoms with van der Waals surface area (Å²) in [6.45, 7) is 4.73. The summed E-state index contributed by atoms with van der Waals surface area (Å²) in [6, 6.07) is 10.1. The fraction of sp³-hybridized carbons (Fsp3) is 0.440. The Kier molecular flexibility index (Phi) is 6.80. The van der Waals surface area contributed by atoms with Gasteiger partial charge in [0.1, 0.15) is 17.6 Å². The monoisotopic (exact) mass is 530 g/mol. The van der Waals surface area contributed by atoms with E-state index in [0.29, 0.717) is 39.1 Å². The Bertz CT molecular complexity index is 1380. The second-order valence-electron chi connectivity index (χ2n) is 9.30. The molecule has 2 saturated heterocycles. The van der Waals surface area contributed by atoms with Crippen molar-refractivity contribution in [3.63, 3.8) is 0 Å². The van der Waals surface area contributed by atoms with Gasteiger partial charge in [0.15, 0.2) is 0 Å². The summed E-state index contributed by atoms with van der Waals surface area (Å²) >= 11 is 1.54. The summed E-state index contributed by atoms with van der Waals surface area (Å²) < 4.78 is 38.3. The molecule has 0 saturated carbocycles. The quantitative estimate of drug-likeness (QED) is 0.501. The second kappa shape index (κ2) is 9.87. The van der Waals surface area contributed by atoms with Gasteiger partial charge in [-0.05, 0) is 42.3 Å². The third-order valence-corrected chi connectivity index (χ3v) is 9.10. The number of carbonyl (C=O) groups is 1. The molecule has 2 aromatic carbocycles. The van der Waals surface area contributed by atoms with Crippen LogP contribution >= 0.6 is 11.3 Å². The minimum atomic E-state index is -3.19. The lowest BCUT2D eigenvalue weighted by Gasteiger charge is -2.35. The Morgan fingerprint density at radius 3 is 2.53 bits per heavy atom. The van der Waals surface area contributed by atoms with E-state index in [0.717, 1.165) is 38.5 Å². The van der Waals surface area contributed by atoms with Crippen molar-refractivity contribution in [2.45, 2.75) is 19.4 Å². The molecule has 2 atom stereocenters. The van der Waals surface area contributed by atoms with Crippen LogP contribution in [0.3, 0.4) is 0 Å². The van der Waals surface area contributed by atoms with Crippen molar-refractivity contribution >= 4 is 43.2 Å². The van der Waals surface area contributed by atoms with Crippen LogP contribution < -0.4 is 19.7 Å². The largest absolute Gasteiger partial charge is 0.495 e. The van der Waals surface area contributed by atoms with Crippen LogP contribution in [0.2, 0.25) is 0 Å². The number of hydrogen-bond donors (Lipinski definition) is 1. The standard InChI is InChI=1S/C25H30N4O5S2/c1-16(19-13-24(30)26-14-19)34-23-12-18(10-20-25(23)35-15-27-20)17-4-5-21(22(11-17)33-2)28-6-8-29(9-7-28)36(3,31)32/h4-5,10-12,15-16,19H,6-9,13-14H2,1-3H3,(H,26,30)/t16-,19?/m1/s1. The summed E-state index contributed by atoms with van der Waals surface area (Å²) in [4.78, 5) is 18.3. The zero-order valence-electron chi connectivity index (χ0n) is 20.6. The number of anilines is 1. The van der Waals surface area contributed by atoms with Crippen molar-refractivity contribution in [3.8, 4) is 22.6 Å². The second-order valence-corrected chi connectivity index (χ2v) is 12.1. The Balaban J connectivity index is 1.41. The molecule has 0 aliphatic carbocycles. The lowest BCUT2D eigenvalue weighted by Crippen LogP contribution is -2.48.